The average Bonchev–Trinajstić information content (AvgIpc) is 3.60. The van der Waals surface area contributed by atoms with E-state index in [1.54, 1.807) is 24.3 Å². The van der Waals surface area contributed by atoms with E-state index in [-0.39, 0.29) is 49.8 Å². The SMILES string of the molecule is O=C(Nc1ccc2c(c1)[C@H]1C[C@@H](CC(=O)N3CCc4ccccc4C3)O[C@@H](CO)[C@H]1O2)c1ccc2c(c1)OCO2. The van der Waals surface area contributed by atoms with E-state index in [4.69, 9.17) is 18.9 Å². The van der Waals surface area contributed by atoms with Crippen molar-refractivity contribution in [2.45, 2.75) is 50.0 Å². The number of carbonyl (C=O) groups is 2. The minimum atomic E-state index is -0.544. The lowest BCUT2D eigenvalue weighted by atomic mass is 9.84. The lowest BCUT2D eigenvalue weighted by molar-refractivity contribution is -0.149. The van der Waals surface area contributed by atoms with Gasteiger partial charge in [0.05, 0.1) is 19.1 Å². The number of benzene rings is 3. The van der Waals surface area contributed by atoms with Crippen LogP contribution in [0.4, 0.5) is 5.69 Å². The van der Waals surface area contributed by atoms with Crippen molar-refractivity contribution >= 4 is 17.5 Å². The quantitative estimate of drug-likeness (QED) is 0.507. The summed E-state index contributed by atoms with van der Waals surface area (Å²) in [7, 11) is 0. The van der Waals surface area contributed by atoms with Crippen molar-refractivity contribution in [1.82, 2.24) is 4.90 Å². The molecule has 206 valence electrons. The van der Waals surface area contributed by atoms with Gasteiger partial charge in [-0.25, -0.2) is 0 Å². The van der Waals surface area contributed by atoms with Crippen molar-refractivity contribution in [3.8, 4) is 17.2 Å². The van der Waals surface area contributed by atoms with Crippen molar-refractivity contribution < 1.29 is 33.6 Å². The fraction of sp³-hybridized carbons (Fsp3) is 0.355. The third-order valence-electron chi connectivity index (χ3n) is 8.28. The molecular formula is C31H30N2O7. The molecule has 3 aromatic carbocycles. The molecule has 0 aromatic heterocycles. The number of rotatable bonds is 5. The first-order chi connectivity index (χ1) is 19.6. The van der Waals surface area contributed by atoms with E-state index in [2.05, 4.69) is 17.4 Å². The van der Waals surface area contributed by atoms with Crippen LogP contribution >= 0.6 is 0 Å². The maximum Gasteiger partial charge on any atom is 0.255 e. The smallest absolute Gasteiger partial charge is 0.255 e. The normalized spacial score (nSPS) is 24.0. The molecule has 0 spiro atoms. The first kappa shape index (κ1) is 24.9. The molecule has 4 heterocycles. The molecule has 0 saturated carbocycles. The molecule has 7 rings (SSSR count). The van der Waals surface area contributed by atoms with Gasteiger partial charge in [0.25, 0.3) is 5.91 Å². The van der Waals surface area contributed by atoms with Crippen LogP contribution in [-0.4, -0.2) is 60.1 Å². The zero-order valence-electron chi connectivity index (χ0n) is 21.9. The first-order valence-corrected chi connectivity index (χ1v) is 13.7. The van der Waals surface area contributed by atoms with E-state index < -0.39 is 6.10 Å². The second-order valence-corrected chi connectivity index (χ2v) is 10.7. The maximum absolute atomic E-state index is 13.3. The van der Waals surface area contributed by atoms with Crippen LogP contribution in [0.3, 0.4) is 0 Å². The molecule has 0 unspecified atom stereocenters. The molecule has 40 heavy (non-hydrogen) atoms. The van der Waals surface area contributed by atoms with E-state index in [1.807, 2.05) is 29.2 Å². The third kappa shape index (κ3) is 4.55. The number of fused-ring (bicyclic) bond motifs is 5. The number of aliphatic hydroxyl groups is 1. The summed E-state index contributed by atoms with van der Waals surface area (Å²) in [5.74, 6) is 1.60. The van der Waals surface area contributed by atoms with E-state index in [0.717, 1.165) is 12.0 Å². The summed E-state index contributed by atoms with van der Waals surface area (Å²) in [6.45, 7) is 1.24. The topological polar surface area (TPSA) is 107 Å². The fourth-order valence-corrected chi connectivity index (χ4v) is 6.24. The second-order valence-electron chi connectivity index (χ2n) is 10.7. The van der Waals surface area contributed by atoms with Gasteiger partial charge in [0.15, 0.2) is 11.5 Å². The Bertz CT molecular complexity index is 1470. The van der Waals surface area contributed by atoms with Crippen LogP contribution in [0.25, 0.3) is 0 Å². The number of anilines is 1. The molecule has 0 bridgehead atoms. The molecule has 0 radical (unpaired) electrons. The number of hydrogen-bond donors (Lipinski definition) is 2. The molecule has 9 nitrogen and oxygen atoms in total. The molecule has 1 saturated heterocycles. The Balaban J connectivity index is 1.05. The molecule has 2 amide bonds. The van der Waals surface area contributed by atoms with Crippen molar-refractivity contribution in [1.29, 1.82) is 0 Å². The van der Waals surface area contributed by atoms with Gasteiger partial charge < -0.3 is 34.3 Å². The van der Waals surface area contributed by atoms with Gasteiger partial charge in [-0.1, -0.05) is 24.3 Å². The highest BCUT2D eigenvalue weighted by Crippen LogP contribution is 2.47. The summed E-state index contributed by atoms with van der Waals surface area (Å²) in [5, 5.41) is 13.1. The predicted octanol–water partition coefficient (Wildman–Crippen LogP) is 3.64. The number of hydrogen-bond acceptors (Lipinski definition) is 7. The van der Waals surface area contributed by atoms with E-state index in [9.17, 15) is 14.7 Å². The highest BCUT2D eigenvalue weighted by molar-refractivity contribution is 6.04. The summed E-state index contributed by atoms with van der Waals surface area (Å²) in [6.07, 6.45) is 0.441. The number of ether oxygens (including phenoxy) is 4. The summed E-state index contributed by atoms with van der Waals surface area (Å²) < 4.78 is 23.1. The van der Waals surface area contributed by atoms with Gasteiger partial charge in [-0.3, -0.25) is 9.59 Å². The fourth-order valence-electron chi connectivity index (χ4n) is 6.24. The summed E-state index contributed by atoms with van der Waals surface area (Å²) in [5.41, 5.74) is 4.53. The number of nitrogens with one attached hydrogen (secondary N) is 1. The van der Waals surface area contributed by atoms with E-state index in [1.165, 1.54) is 11.1 Å². The van der Waals surface area contributed by atoms with E-state index >= 15 is 0 Å². The van der Waals surface area contributed by atoms with Crippen LogP contribution in [-0.2, 0) is 22.5 Å². The lowest BCUT2D eigenvalue weighted by Gasteiger charge is -2.38. The lowest BCUT2D eigenvalue weighted by Crippen LogP contribution is -2.48. The highest BCUT2D eigenvalue weighted by atomic mass is 16.7. The van der Waals surface area contributed by atoms with Crippen molar-refractivity contribution in [3.05, 3.63) is 82.9 Å². The predicted molar refractivity (Wildman–Crippen MR) is 145 cm³/mol. The Labute approximate surface area is 231 Å². The third-order valence-corrected chi connectivity index (χ3v) is 8.28. The summed E-state index contributed by atoms with van der Waals surface area (Å²) in [6, 6.07) is 18.9. The van der Waals surface area contributed by atoms with Gasteiger partial charge in [-0.05, 0) is 60.4 Å². The molecule has 4 aliphatic heterocycles. The van der Waals surface area contributed by atoms with Crippen LogP contribution in [0.1, 0.15) is 45.8 Å². The Morgan fingerprint density at radius 1 is 0.975 bits per heavy atom. The highest BCUT2D eigenvalue weighted by Gasteiger charge is 2.46. The Kier molecular flexibility index (Phi) is 6.32. The summed E-state index contributed by atoms with van der Waals surface area (Å²) >= 11 is 0. The van der Waals surface area contributed by atoms with Crippen molar-refractivity contribution in [2.75, 3.05) is 25.3 Å². The molecule has 4 atom stereocenters. The molecule has 0 aliphatic carbocycles. The monoisotopic (exact) mass is 542 g/mol. The largest absolute Gasteiger partial charge is 0.487 e. The van der Waals surface area contributed by atoms with Gasteiger partial charge in [-0.2, -0.15) is 0 Å². The summed E-state index contributed by atoms with van der Waals surface area (Å²) in [4.78, 5) is 28.1. The first-order valence-electron chi connectivity index (χ1n) is 13.7. The van der Waals surface area contributed by atoms with E-state index in [0.29, 0.717) is 48.0 Å². The number of carbonyl (C=O) groups excluding carboxylic acids is 2. The van der Waals surface area contributed by atoms with Gasteiger partial charge in [0, 0.05) is 35.8 Å². The van der Waals surface area contributed by atoms with Gasteiger partial charge in [0.2, 0.25) is 12.7 Å². The molecule has 9 heteroatoms. The minimum Gasteiger partial charge on any atom is -0.487 e. The Hall–Kier alpha value is -4.08. The van der Waals surface area contributed by atoms with Crippen LogP contribution in [0.15, 0.2) is 60.7 Å². The van der Waals surface area contributed by atoms with Crippen LogP contribution in [0, 0.1) is 0 Å². The number of amides is 2. The van der Waals surface area contributed by atoms with Gasteiger partial charge in [0.1, 0.15) is 18.0 Å². The van der Waals surface area contributed by atoms with Crippen molar-refractivity contribution in [3.63, 3.8) is 0 Å². The molecule has 4 aliphatic rings. The molecule has 3 aromatic rings. The molecular weight excluding hydrogens is 512 g/mol. The number of aliphatic hydroxyl groups excluding tert-OH is 1. The molecule has 2 N–H and O–H groups in total. The van der Waals surface area contributed by atoms with Crippen LogP contribution in [0.2, 0.25) is 0 Å². The van der Waals surface area contributed by atoms with Crippen LogP contribution in [0.5, 0.6) is 17.2 Å². The Morgan fingerprint density at radius 3 is 2.67 bits per heavy atom. The van der Waals surface area contributed by atoms with Gasteiger partial charge in [-0.15, -0.1) is 0 Å². The maximum atomic E-state index is 13.3. The van der Waals surface area contributed by atoms with Crippen LogP contribution < -0.4 is 19.5 Å². The number of nitrogens with zero attached hydrogens (tertiary/aromatic N) is 1. The van der Waals surface area contributed by atoms with Crippen molar-refractivity contribution in [2.24, 2.45) is 0 Å². The Morgan fingerprint density at radius 2 is 1.80 bits per heavy atom. The average molecular weight is 543 g/mol. The second kappa shape index (κ2) is 10.1. The minimum absolute atomic E-state index is 0.0542. The zero-order valence-corrected chi connectivity index (χ0v) is 21.9. The standard InChI is InChI=1S/C31H30N2O7/c34-16-28-30-24(13-22(39-28)14-29(35)33-10-9-18-3-1-2-4-20(18)15-33)23-12-21(6-8-25(23)40-30)32-31(36)19-5-7-26-27(11-19)38-17-37-26/h1-8,11-12,22,24,28,30,34H,9-10,13-17H2,(H,32,36)/t22-,24+,28-,30-/m0/s1. The molecule has 1 fully saturated rings. The van der Waals surface area contributed by atoms with Gasteiger partial charge >= 0.3 is 0 Å². The zero-order chi connectivity index (χ0) is 27.2.